The number of ether oxygens (including phenoxy) is 1. The monoisotopic (exact) mass is 1020 g/mol. The Labute approximate surface area is 421 Å². The number of piperidine rings is 2. The summed E-state index contributed by atoms with van der Waals surface area (Å²) in [5.41, 5.74) is 5.65. The maximum absolute atomic E-state index is 16.9. The molecule has 0 saturated carbocycles. The van der Waals surface area contributed by atoms with E-state index in [1.54, 1.807) is 72.6 Å². The second kappa shape index (κ2) is 19.6. The normalized spacial score (nSPS) is 18.3. The van der Waals surface area contributed by atoms with Gasteiger partial charge < -0.3 is 34.6 Å². The zero-order valence-electron chi connectivity index (χ0n) is 40.4. The van der Waals surface area contributed by atoms with Gasteiger partial charge in [0.25, 0.3) is 5.91 Å². The van der Waals surface area contributed by atoms with Crippen molar-refractivity contribution in [2.24, 2.45) is 7.05 Å². The van der Waals surface area contributed by atoms with Gasteiger partial charge in [0.15, 0.2) is 5.82 Å². The molecule has 0 spiro atoms. The van der Waals surface area contributed by atoms with E-state index in [1.807, 2.05) is 43.6 Å². The second-order valence-electron chi connectivity index (χ2n) is 19.3. The number of halogens is 3. The van der Waals surface area contributed by atoms with Crippen LogP contribution in [0.5, 0.6) is 5.75 Å². The smallest absolute Gasteiger partial charge is 0.255 e. The average molecular weight is 1020 g/mol. The summed E-state index contributed by atoms with van der Waals surface area (Å²) in [4.78, 5) is 54.9. The Hall–Kier alpha value is -6.88. The van der Waals surface area contributed by atoms with Gasteiger partial charge in [-0.2, -0.15) is 10.1 Å². The van der Waals surface area contributed by atoms with Crippen LogP contribution in [-0.2, 0) is 27.7 Å². The van der Waals surface area contributed by atoms with Crippen LogP contribution in [0.3, 0.4) is 0 Å². The lowest BCUT2D eigenvalue weighted by Crippen LogP contribution is -2.53. The van der Waals surface area contributed by atoms with Crippen molar-refractivity contribution in [1.29, 1.82) is 0 Å². The highest BCUT2D eigenvalue weighted by Gasteiger charge is 2.41. The Morgan fingerprint density at radius 2 is 1.65 bits per heavy atom. The number of hydrogen-bond donors (Lipinski definition) is 3. The molecule has 72 heavy (non-hydrogen) atoms. The Morgan fingerprint density at radius 1 is 0.875 bits per heavy atom. The number of carbonyl (C=O) groups is 3. The molecular formula is C52H55ClF2N11O5P. The molecular weight excluding hydrogens is 963 g/mol. The first-order valence-electron chi connectivity index (χ1n) is 23.9. The van der Waals surface area contributed by atoms with Gasteiger partial charge in [-0.25, -0.2) is 13.8 Å². The van der Waals surface area contributed by atoms with E-state index in [4.69, 9.17) is 21.3 Å². The Bertz CT molecular complexity index is 3150. The van der Waals surface area contributed by atoms with Crippen molar-refractivity contribution in [3.63, 3.8) is 0 Å². The molecule has 374 valence electrons. The lowest BCUT2D eigenvalue weighted by molar-refractivity contribution is -0.136. The lowest BCUT2D eigenvalue weighted by Gasteiger charge is -2.43. The number of fused-ring (bicyclic) bond motifs is 1. The molecule has 3 N–H and O–H groups in total. The molecule has 4 aliphatic heterocycles. The summed E-state index contributed by atoms with van der Waals surface area (Å²) in [6.07, 6.45) is 6.35. The van der Waals surface area contributed by atoms with Crippen LogP contribution in [0.15, 0.2) is 91.4 Å². The number of methoxy groups -OCH3 is 1. The molecule has 16 nitrogen and oxygen atoms in total. The van der Waals surface area contributed by atoms with E-state index in [1.165, 1.54) is 12.3 Å². The van der Waals surface area contributed by atoms with Gasteiger partial charge in [-0.3, -0.25) is 29.3 Å². The SMILES string of the molecule is COc1cc(N2CCC(F)(CN3CCN(c4ccc5c(c4)CN([C@H]4CCC(=O)NC4=O)C5=O)CC3)CC2)c(-c2cnn(C)c2)cc1Nc1ncc(Cl)c(Nc2ccc(-c3ccccc3F)cc2P(C)(C)=O)n1. The van der Waals surface area contributed by atoms with E-state index >= 15 is 4.39 Å². The van der Waals surface area contributed by atoms with Crippen LogP contribution in [0, 0.1) is 5.82 Å². The second-order valence-corrected chi connectivity index (χ2v) is 22.9. The fourth-order valence-corrected chi connectivity index (χ4v) is 11.5. The topological polar surface area (TPSA) is 170 Å². The third-order valence-corrected chi connectivity index (χ3v) is 15.9. The molecule has 10 rings (SSSR count). The molecule has 0 bridgehead atoms. The van der Waals surface area contributed by atoms with Gasteiger partial charge in [0.1, 0.15) is 35.4 Å². The van der Waals surface area contributed by atoms with Crippen molar-refractivity contribution in [3.8, 4) is 28.0 Å². The first-order valence-corrected chi connectivity index (χ1v) is 26.9. The van der Waals surface area contributed by atoms with Crippen LogP contribution in [0.2, 0.25) is 5.02 Å². The minimum atomic E-state index is -2.90. The van der Waals surface area contributed by atoms with Crippen molar-refractivity contribution >= 4 is 76.3 Å². The summed E-state index contributed by atoms with van der Waals surface area (Å²) in [6, 6.07) is 20.7. The molecule has 1 atom stereocenters. The van der Waals surface area contributed by atoms with E-state index in [0.29, 0.717) is 111 Å². The average Bonchev–Trinajstić information content (AvgIpc) is 3.94. The van der Waals surface area contributed by atoms with E-state index < -0.39 is 24.8 Å². The number of piperazine rings is 1. The molecule has 0 aliphatic carbocycles. The van der Waals surface area contributed by atoms with E-state index in [0.717, 1.165) is 28.1 Å². The number of anilines is 6. The van der Waals surface area contributed by atoms with Gasteiger partial charge in [-0.05, 0) is 73.3 Å². The first-order chi connectivity index (χ1) is 34.5. The molecule has 20 heteroatoms. The largest absolute Gasteiger partial charge is 0.494 e. The summed E-state index contributed by atoms with van der Waals surface area (Å²) in [5.74, 6) is -0.357. The van der Waals surface area contributed by atoms with Gasteiger partial charge in [-0.15, -0.1) is 0 Å². The molecule has 4 aliphatic rings. The van der Waals surface area contributed by atoms with Crippen LogP contribution < -0.4 is 35.8 Å². The number of carbonyl (C=O) groups excluding carboxylic acids is 3. The van der Waals surface area contributed by atoms with Gasteiger partial charge in [0, 0.05) is 130 Å². The highest BCUT2D eigenvalue weighted by molar-refractivity contribution is 7.70. The number of amides is 3. The first kappa shape index (κ1) is 48.7. The number of hydrogen-bond acceptors (Lipinski definition) is 13. The van der Waals surface area contributed by atoms with E-state index in [9.17, 15) is 23.3 Å². The predicted octanol–water partition coefficient (Wildman–Crippen LogP) is 7.97. The third-order valence-electron chi connectivity index (χ3n) is 14.1. The fourth-order valence-electron chi connectivity index (χ4n) is 10.2. The number of rotatable bonds is 13. The fraction of sp³-hybridized carbons (Fsp3) is 0.346. The van der Waals surface area contributed by atoms with Crippen molar-refractivity contribution < 1.29 is 32.5 Å². The maximum Gasteiger partial charge on any atom is 0.255 e. The molecule has 6 heterocycles. The van der Waals surface area contributed by atoms with Crippen LogP contribution in [0.4, 0.5) is 43.3 Å². The minimum Gasteiger partial charge on any atom is -0.494 e. The number of imide groups is 1. The molecule has 6 aromatic rings. The number of alkyl halides is 1. The highest BCUT2D eigenvalue weighted by atomic mass is 35.5. The molecule has 4 aromatic carbocycles. The van der Waals surface area contributed by atoms with Gasteiger partial charge in [0.05, 0.1) is 30.9 Å². The molecule has 0 radical (unpaired) electrons. The van der Waals surface area contributed by atoms with Crippen LogP contribution in [-0.4, -0.2) is 125 Å². The maximum atomic E-state index is 16.9. The van der Waals surface area contributed by atoms with Gasteiger partial charge >= 0.3 is 0 Å². The van der Waals surface area contributed by atoms with Crippen LogP contribution in [0.1, 0.15) is 41.6 Å². The molecule has 0 unspecified atom stereocenters. The van der Waals surface area contributed by atoms with Crippen molar-refractivity contribution in [2.45, 2.75) is 43.9 Å². The summed E-state index contributed by atoms with van der Waals surface area (Å²) >= 11 is 6.66. The number of aryl methyl sites for hydroxylation is 1. The van der Waals surface area contributed by atoms with Gasteiger partial charge in [0.2, 0.25) is 17.8 Å². The molecule has 3 amide bonds. The van der Waals surface area contributed by atoms with Crippen LogP contribution in [0.25, 0.3) is 22.3 Å². The number of nitrogens with one attached hydrogen (secondary N) is 3. The number of benzene rings is 4. The van der Waals surface area contributed by atoms with Crippen LogP contribution >= 0.6 is 18.7 Å². The zero-order valence-corrected chi connectivity index (χ0v) is 42.1. The summed E-state index contributed by atoms with van der Waals surface area (Å²) in [5, 5.41) is 14.1. The Balaban J connectivity index is 0.808. The predicted molar refractivity (Wildman–Crippen MR) is 276 cm³/mol. The number of nitrogens with zero attached hydrogens (tertiary/aromatic N) is 8. The molecule has 3 fully saturated rings. The summed E-state index contributed by atoms with van der Waals surface area (Å²) in [7, 11) is 0.532. The Kier molecular flexibility index (Phi) is 13.3. The quantitative estimate of drug-likeness (QED) is 0.0753. The summed E-state index contributed by atoms with van der Waals surface area (Å²) < 4.78 is 53.0. The number of aromatic nitrogens is 4. The highest BCUT2D eigenvalue weighted by Crippen LogP contribution is 2.44. The van der Waals surface area contributed by atoms with Crippen molar-refractivity contribution in [1.82, 2.24) is 34.9 Å². The molecule has 3 saturated heterocycles. The lowest BCUT2D eigenvalue weighted by atomic mass is 9.91. The van der Waals surface area contributed by atoms with E-state index in [-0.39, 0.29) is 40.8 Å². The summed E-state index contributed by atoms with van der Waals surface area (Å²) in [6.45, 7) is 7.67. The standard InChI is InChI=1S/C52H55ClF2N11O5P/c1-62-29-34(27-57-62)38-25-42(59-51-56-28-39(53)48(61-51)58-41-12-9-32(24-46(41)72(3,4)70)36-7-5-6-8-40(36)54)45(71-2)26-44(38)65-17-15-52(55,16-18-65)31-63-19-21-64(22-20-63)35-10-11-37-33(23-35)30-66(50(37)69)43-13-14-47(67)60-49(43)68/h5-12,23-29,43H,13-22,30-31H2,1-4H3,(H,60,67,68)(H2,56,58,59,61)/t43-/m0/s1. The van der Waals surface area contributed by atoms with Gasteiger partial charge in [-0.1, -0.05) is 35.9 Å². The zero-order chi connectivity index (χ0) is 50.5. The van der Waals surface area contributed by atoms with E-state index in [2.05, 4.69) is 40.7 Å². The van der Waals surface area contributed by atoms with Crippen molar-refractivity contribution in [3.05, 3.63) is 113 Å². The minimum absolute atomic E-state index is 0.198. The molecule has 2 aromatic heterocycles. The third kappa shape index (κ3) is 9.99. The van der Waals surface area contributed by atoms with Crippen molar-refractivity contribution in [2.75, 3.05) is 86.7 Å². The Morgan fingerprint density at radius 3 is 2.36 bits per heavy atom.